The molecule has 1 saturated carbocycles. The SMILES string of the molecule is C=C(C(C)CCCC)N1C=C2CC2(C(=C)O)C1. The second kappa shape index (κ2) is 4.25. The number of aliphatic hydroxyl groups is 1. The average molecular weight is 233 g/mol. The fraction of sp³-hybridized carbons (Fsp3) is 0.600. The number of unbranched alkanes of at least 4 members (excludes halogenated alkanes) is 1. The largest absolute Gasteiger partial charge is 0.512 e. The summed E-state index contributed by atoms with van der Waals surface area (Å²) in [5.41, 5.74) is 2.38. The molecule has 0 amide bonds. The second-order valence-corrected chi connectivity index (χ2v) is 5.52. The highest BCUT2D eigenvalue weighted by Crippen LogP contribution is 2.60. The Morgan fingerprint density at radius 3 is 2.82 bits per heavy atom. The van der Waals surface area contributed by atoms with Gasteiger partial charge in [0.25, 0.3) is 0 Å². The Bertz CT molecular complexity index is 382. The lowest BCUT2D eigenvalue weighted by atomic mass is 9.99. The zero-order valence-corrected chi connectivity index (χ0v) is 11.0. The molecule has 0 saturated heterocycles. The van der Waals surface area contributed by atoms with Gasteiger partial charge >= 0.3 is 0 Å². The third kappa shape index (κ3) is 2.01. The van der Waals surface area contributed by atoms with Crippen molar-refractivity contribution in [1.82, 2.24) is 4.90 Å². The maximum absolute atomic E-state index is 9.64. The van der Waals surface area contributed by atoms with Crippen LogP contribution in [0.15, 0.2) is 36.4 Å². The number of rotatable bonds is 6. The predicted molar refractivity (Wildman–Crippen MR) is 71.4 cm³/mol. The Morgan fingerprint density at radius 2 is 2.29 bits per heavy atom. The van der Waals surface area contributed by atoms with Crippen molar-refractivity contribution in [1.29, 1.82) is 0 Å². The van der Waals surface area contributed by atoms with Crippen LogP contribution in [0.3, 0.4) is 0 Å². The predicted octanol–water partition coefficient (Wildman–Crippen LogP) is 3.99. The molecule has 17 heavy (non-hydrogen) atoms. The van der Waals surface area contributed by atoms with Gasteiger partial charge in [0.1, 0.15) is 0 Å². The van der Waals surface area contributed by atoms with Gasteiger partial charge in [-0.2, -0.15) is 0 Å². The third-order valence-corrected chi connectivity index (χ3v) is 4.21. The number of hydrogen-bond acceptors (Lipinski definition) is 2. The Hall–Kier alpha value is -1.18. The highest BCUT2D eigenvalue weighted by molar-refractivity contribution is 5.46. The van der Waals surface area contributed by atoms with Crippen molar-refractivity contribution in [3.63, 3.8) is 0 Å². The van der Waals surface area contributed by atoms with E-state index >= 15 is 0 Å². The molecule has 0 aromatic rings. The molecule has 0 bridgehead atoms. The lowest BCUT2D eigenvalue weighted by Gasteiger charge is -2.27. The summed E-state index contributed by atoms with van der Waals surface area (Å²) >= 11 is 0. The molecule has 1 aliphatic heterocycles. The van der Waals surface area contributed by atoms with Crippen molar-refractivity contribution in [3.8, 4) is 0 Å². The molecule has 0 aromatic carbocycles. The number of allylic oxidation sites excluding steroid dienone is 1. The van der Waals surface area contributed by atoms with Crippen LogP contribution >= 0.6 is 0 Å². The lowest BCUT2D eigenvalue weighted by molar-refractivity contribution is 0.284. The summed E-state index contributed by atoms with van der Waals surface area (Å²) < 4.78 is 0. The molecule has 2 nitrogen and oxygen atoms in total. The van der Waals surface area contributed by atoms with Crippen molar-refractivity contribution in [3.05, 3.63) is 36.4 Å². The molecule has 1 heterocycles. The van der Waals surface area contributed by atoms with Crippen molar-refractivity contribution >= 4 is 0 Å². The van der Waals surface area contributed by atoms with Crippen LogP contribution < -0.4 is 0 Å². The Labute approximate surface area is 104 Å². The van der Waals surface area contributed by atoms with E-state index in [0.717, 1.165) is 13.0 Å². The summed E-state index contributed by atoms with van der Waals surface area (Å²) in [6, 6.07) is 0. The quantitative estimate of drug-likeness (QED) is 0.701. The van der Waals surface area contributed by atoms with Gasteiger partial charge in [-0.1, -0.05) is 39.8 Å². The van der Waals surface area contributed by atoms with E-state index in [1.54, 1.807) is 0 Å². The first kappa shape index (κ1) is 12.3. The Balaban J connectivity index is 1.94. The number of hydrogen-bond donors (Lipinski definition) is 1. The standard InChI is InChI=1S/C15H23NO/c1-5-6-7-11(2)12(3)16-9-14-8-15(14,10-16)13(4)17/h9,11,17H,3-8,10H2,1-2H3. The molecule has 2 unspecified atom stereocenters. The van der Waals surface area contributed by atoms with Gasteiger partial charge in [0, 0.05) is 18.4 Å². The van der Waals surface area contributed by atoms with E-state index < -0.39 is 0 Å². The van der Waals surface area contributed by atoms with Crippen molar-refractivity contribution in [2.24, 2.45) is 11.3 Å². The third-order valence-electron chi connectivity index (χ3n) is 4.21. The second-order valence-electron chi connectivity index (χ2n) is 5.52. The molecule has 1 fully saturated rings. The molecule has 2 aliphatic rings. The molecule has 1 aliphatic carbocycles. The maximum Gasteiger partial charge on any atom is 0.0975 e. The van der Waals surface area contributed by atoms with E-state index in [1.807, 2.05) is 0 Å². The van der Waals surface area contributed by atoms with Gasteiger partial charge in [0.2, 0.25) is 0 Å². The minimum Gasteiger partial charge on any atom is -0.512 e. The topological polar surface area (TPSA) is 23.5 Å². The minimum absolute atomic E-state index is 0.118. The van der Waals surface area contributed by atoms with Crippen LogP contribution in [0.1, 0.15) is 39.5 Å². The summed E-state index contributed by atoms with van der Waals surface area (Å²) in [5, 5.41) is 9.64. The first-order chi connectivity index (χ1) is 8.01. The summed E-state index contributed by atoms with van der Waals surface area (Å²) in [6.07, 6.45) is 6.82. The van der Waals surface area contributed by atoms with E-state index in [1.165, 1.54) is 30.5 Å². The average Bonchev–Trinajstić information content (AvgIpc) is 2.88. The lowest BCUT2D eigenvalue weighted by Crippen LogP contribution is -2.25. The molecule has 2 atom stereocenters. The van der Waals surface area contributed by atoms with Crippen LogP contribution in [-0.2, 0) is 0 Å². The molecular weight excluding hydrogens is 210 g/mol. The monoisotopic (exact) mass is 233 g/mol. The zero-order chi connectivity index (χ0) is 12.6. The van der Waals surface area contributed by atoms with Gasteiger partial charge < -0.3 is 10.0 Å². The number of fused-ring (bicyclic) bond motifs is 1. The smallest absolute Gasteiger partial charge is 0.0975 e. The molecule has 0 spiro atoms. The summed E-state index contributed by atoms with van der Waals surface area (Å²) in [5.74, 6) is 0.841. The van der Waals surface area contributed by atoms with Gasteiger partial charge in [-0.3, -0.25) is 0 Å². The van der Waals surface area contributed by atoms with Crippen LogP contribution in [0.2, 0.25) is 0 Å². The molecule has 94 valence electrons. The van der Waals surface area contributed by atoms with E-state index in [0.29, 0.717) is 11.7 Å². The normalized spacial score (nSPS) is 27.4. The molecule has 1 N–H and O–H groups in total. The fourth-order valence-electron chi connectivity index (χ4n) is 2.66. The zero-order valence-electron chi connectivity index (χ0n) is 11.0. The van der Waals surface area contributed by atoms with Crippen LogP contribution in [0.5, 0.6) is 0 Å². The molecule has 2 heteroatoms. The van der Waals surface area contributed by atoms with Gasteiger partial charge in [-0.15, -0.1) is 0 Å². The van der Waals surface area contributed by atoms with E-state index in [4.69, 9.17) is 0 Å². The Morgan fingerprint density at radius 1 is 1.59 bits per heavy atom. The minimum atomic E-state index is -0.118. The van der Waals surface area contributed by atoms with Crippen LogP contribution in [0.25, 0.3) is 0 Å². The highest BCUT2D eigenvalue weighted by atomic mass is 16.3. The Kier molecular flexibility index (Phi) is 3.07. The number of nitrogens with zero attached hydrogens (tertiary/aromatic N) is 1. The molecule has 0 aromatic heterocycles. The summed E-state index contributed by atoms with van der Waals surface area (Å²) in [7, 11) is 0. The summed E-state index contributed by atoms with van der Waals surface area (Å²) in [6.45, 7) is 13.2. The van der Waals surface area contributed by atoms with E-state index in [9.17, 15) is 5.11 Å². The summed E-state index contributed by atoms with van der Waals surface area (Å²) in [4.78, 5) is 2.21. The fourth-order valence-corrected chi connectivity index (χ4v) is 2.66. The first-order valence-corrected chi connectivity index (χ1v) is 6.56. The van der Waals surface area contributed by atoms with Gasteiger partial charge in [-0.05, 0) is 24.3 Å². The van der Waals surface area contributed by atoms with Gasteiger partial charge in [-0.25, -0.2) is 0 Å². The first-order valence-electron chi connectivity index (χ1n) is 6.56. The molecule has 2 rings (SSSR count). The van der Waals surface area contributed by atoms with E-state index in [2.05, 4.69) is 38.1 Å². The molecular formula is C15H23NO. The van der Waals surface area contributed by atoms with Crippen LogP contribution in [0.4, 0.5) is 0 Å². The number of aliphatic hydroxyl groups excluding tert-OH is 1. The van der Waals surface area contributed by atoms with Crippen LogP contribution in [0, 0.1) is 11.3 Å². The van der Waals surface area contributed by atoms with Gasteiger partial charge in [0.05, 0.1) is 11.2 Å². The van der Waals surface area contributed by atoms with Crippen molar-refractivity contribution in [2.45, 2.75) is 39.5 Å². The van der Waals surface area contributed by atoms with Gasteiger partial charge in [0.15, 0.2) is 0 Å². The van der Waals surface area contributed by atoms with Crippen LogP contribution in [-0.4, -0.2) is 16.6 Å². The van der Waals surface area contributed by atoms with Crippen molar-refractivity contribution in [2.75, 3.05) is 6.54 Å². The van der Waals surface area contributed by atoms with E-state index in [-0.39, 0.29) is 5.41 Å². The highest BCUT2D eigenvalue weighted by Gasteiger charge is 2.56. The maximum atomic E-state index is 9.64. The van der Waals surface area contributed by atoms with Crippen molar-refractivity contribution < 1.29 is 5.11 Å². The molecule has 0 radical (unpaired) electrons.